The molecule has 33 heavy (non-hydrogen) atoms. The Balaban J connectivity index is 1.27. The van der Waals surface area contributed by atoms with E-state index in [1.807, 2.05) is 0 Å². The van der Waals surface area contributed by atoms with Crippen LogP contribution >= 0.6 is 0 Å². The maximum absolute atomic E-state index is 12.3. The first-order valence-corrected chi connectivity index (χ1v) is 13.1. The third-order valence-electron chi connectivity index (χ3n) is 7.67. The normalized spacial score (nSPS) is 18.4. The Morgan fingerprint density at radius 3 is 1.58 bits per heavy atom. The Bertz CT molecular complexity index is 945. The standard InChI is InChI=1S/C32H39F/c1-2-25-8-16-29(17-9-25)31-20-12-27(13-21-31)6-7-28-14-22-32(23-15-28)30-18-10-26(11-19-30)5-3-4-24-33/h10-15,18-23,25,29H,2-9,16-17,24H2,1H3/t25-,29-. The molecule has 0 unspecified atom stereocenters. The van der Waals surface area contributed by atoms with Gasteiger partial charge in [0.15, 0.2) is 0 Å². The maximum atomic E-state index is 12.3. The van der Waals surface area contributed by atoms with Crippen molar-refractivity contribution in [2.24, 2.45) is 5.92 Å². The Morgan fingerprint density at radius 2 is 1.09 bits per heavy atom. The van der Waals surface area contributed by atoms with Gasteiger partial charge in [0.05, 0.1) is 6.67 Å². The van der Waals surface area contributed by atoms with Gasteiger partial charge >= 0.3 is 0 Å². The number of hydrogen-bond donors (Lipinski definition) is 0. The summed E-state index contributed by atoms with van der Waals surface area (Å²) < 4.78 is 12.3. The quantitative estimate of drug-likeness (QED) is 0.275. The molecular weight excluding hydrogens is 403 g/mol. The lowest BCUT2D eigenvalue weighted by atomic mass is 9.78. The average Bonchev–Trinajstić information content (AvgIpc) is 2.89. The lowest BCUT2D eigenvalue weighted by molar-refractivity contribution is 0.319. The molecule has 0 N–H and O–H groups in total. The molecule has 0 spiro atoms. The lowest BCUT2D eigenvalue weighted by Crippen LogP contribution is -2.12. The van der Waals surface area contributed by atoms with Crippen molar-refractivity contribution < 1.29 is 4.39 Å². The van der Waals surface area contributed by atoms with Crippen LogP contribution in [-0.2, 0) is 19.3 Å². The summed E-state index contributed by atoms with van der Waals surface area (Å²) in [6.45, 7) is 2.12. The van der Waals surface area contributed by atoms with E-state index < -0.39 is 0 Å². The zero-order valence-corrected chi connectivity index (χ0v) is 20.2. The Morgan fingerprint density at radius 1 is 0.606 bits per heavy atom. The molecule has 3 aromatic carbocycles. The zero-order valence-electron chi connectivity index (χ0n) is 20.2. The summed E-state index contributed by atoms with van der Waals surface area (Å²) in [5.41, 5.74) is 8.18. The molecule has 1 saturated carbocycles. The van der Waals surface area contributed by atoms with Crippen molar-refractivity contribution in [1.82, 2.24) is 0 Å². The Kier molecular flexibility index (Phi) is 8.75. The summed E-state index contributed by atoms with van der Waals surface area (Å²) in [6, 6.07) is 27.2. The van der Waals surface area contributed by atoms with Crippen LogP contribution in [0.2, 0.25) is 0 Å². The van der Waals surface area contributed by atoms with Crippen molar-refractivity contribution in [2.75, 3.05) is 6.67 Å². The van der Waals surface area contributed by atoms with Crippen LogP contribution in [0.5, 0.6) is 0 Å². The van der Waals surface area contributed by atoms with Crippen LogP contribution in [0.15, 0.2) is 72.8 Å². The highest BCUT2D eigenvalue weighted by Gasteiger charge is 2.21. The Labute approximate surface area is 200 Å². The van der Waals surface area contributed by atoms with Crippen LogP contribution < -0.4 is 0 Å². The predicted octanol–water partition coefficient (Wildman–Crippen LogP) is 9.11. The van der Waals surface area contributed by atoms with Crippen molar-refractivity contribution in [3.63, 3.8) is 0 Å². The maximum Gasteiger partial charge on any atom is 0.0894 e. The molecule has 0 aliphatic heterocycles. The minimum Gasteiger partial charge on any atom is -0.251 e. The minimum atomic E-state index is -0.213. The van der Waals surface area contributed by atoms with Crippen molar-refractivity contribution in [3.8, 4) is 11.1 Å². The van der Waals surface area contributed by atoms with E-state index >= 15 is 0 Å². The van der Waals surface area contributed by atoms with Crippen LogP contribution in [0.3, 0.4) is 0 Å². The van der Waals surface area contributed by atoms with Gasteiger partial charge in [0.25, 0.3) is 0 Å². The summed E-state index contributed by atoms with van der Waals surface area (Å²) in [5, 5.41) is 0. The van der Waals surface area contributed by atoms with Crippen molar-refractivity contribution in [2.45, 2.75) is 77.0 Å². The van der Waals surface area contributed by atoms with Gasteiger partial charge in [-0.05, 0) is 103 Å². The van der Waals surface area contributed by atoms with Gasteiger partial charge in [0.1, 0.15) is 0 Å². The molecule has 4 rings (SSSR count). The highest BCUT2D eigenvalue weighted by atomic mass is 19.1. The van der Waals surface area contributed by atoms with Gasteiger partial charge in [0, 0.05) is 0 Å². The number of alkyl halides is 1. The second kappa shape index (κ2) is 12.2. The number of aryl methyl sites for hydroxylation is 3. The Hall–Kier alpha value is -2.41. The molecule has 0 aromatic heterocycles. The van der Waals surface area contributed by atoms with Crippen LogP contribution in [-0.4, -0.2) is 6.67 Å². The van der Waals surface area contributed by atoms with Gasteiger partial charge in [0.2, 0.25) is 0 Å². The molecule has 0 atom stereocenters. The van der Waals surface area contributed by atoms with E-state index in [2.05, 4.69) is 79.7 Å². The van der Waals surface area contributed by atoms with E-state index in [-0.39, 0.29) is 6.67 Å². The molecule has 0 saturated heterocycles. The van der Waals surface area contributed by atoms with E-state index in [1.54, 1.807) is 5.56 Å². The highest BCUT2D eigenvalue weighted by Crippen LogP contribution is 2.37. The molecular formula is C32H39F. The predicted molar refractivity (Wildman–Crippen MR) is 140 cm³/mol. The number of rotatable bonds is 10. The molecule has 1 heteroatoms. The number of hydrogen-bond acceptors (Lipinski definition) is 0. The van der Waals surface area contributed by atoms with E-state index in [0.717, 1.165) is 37.5 Å². The number of benzene rings is 3. The third-order valence-corrected chi connectivity index (χ3v) is 7.67. The summed E-state index contributed by atoms with van der Waals surface area (Å²) in [6.07, 6.45) is 11.6. The molecule has 0 radical (unpaired) electrons. The first-order chi connectivity index (χ1) is 16.2. The average molecular weight is 443 g/mol. The monoisotopic (exact) mass is 442 g/mol. The number of halogens is 1. The second-order valence-corrected chi connectivity index (χ2v) is 9.91. The summed E-state index contributed by atoms with van der Waals surface area (Å²) in [7, 11) is 0. The molecule has 3 aromatic rings. The van der Waals surface area contributed by atoms with Gasteiger partial charge < -0.3 is 0 Å². The summed E-state index contributed by atoms with van der Waals surface area (Å²) >= 11 is 0. The molecule has 0 amide bonds. The first kappa shape index (κ1) is 23.7. The largest absolute Gasteiger partial charge is 0.251 e. The van der Waals surface area contributed by atoms with E-state index in [1.165, 1.54) is 59.9 Å². The molecule has 0 nitrogen and oxygen atoms in total. The highest BCUT2D eigenvalue weighted by molar-refractivity contribution is 5.64. The SMILES string of the molecule is CC[C@H]1CC[C@H](c2ccc(CCc3ccc(-c4ccc(CCCCF)cc4)cc3)cc2)CC1. The fourth-order valence-corrected chi connectivity index (χ4v) is 5.30. The summed E-state index contributed by atoms with van der Waals surface area (Å²) in [5.74, 6) is 1.74. The molecule has 1 aliphatic carbocycles. The van der Waals surface area contributed by atoms with Crippen molar-refractivity contribution in [3.05, 3.63) is 95.1 Å². The van der Waals surface area contributed by atoms with E-state index in [0.29, 0.717) is 6.42 Å². The second-order valence-electron chi connectivity index (χ2n) is 9.91. The topological polar surface area (TPSA) is 0 Å². The van der Waals surface area contributed by atoms with Crippen LogP contribution in [0.4, 0.5) is 4.39 Å². The van der Waals surface area contributed by atoms with Gasteiger partial charge in [-0.2, -0.15) is 0 Å². The molecule has 1 fully saturated rings. The molecule has 174 valence electrons. The fraction of sp³-hybridized carbons (Fsp3) is 0.438. The summed E-state index contributed by atoms with van der Waals surface area (Å²) in [4.78, 5) is 0. The zero-order chi connectivity index (χ0) is 22.9. The molecule has 0 heterocycles. The number of unbranched alkanes of at least 4 members (excludes halogenated alkanes) is 1. The van der Waals surface area contributed by atoms with Gasteiger partial charge in [-0.3, -0.25) is 4.39 Å². The van der Waals surface area contributed by atoms with E-state index in [4.69, 9.17) is 0 Å². The lowest BCUT2D eigenvalue weighted by Gasteiger charge is -2.28. The van der Waals surface area contributed by atoms with Gasteiger partial charge in [-0.15, -0.1) is 0 Å². The van der Waals surface area contributed by atoms with Crippen molar-refractivity contribution >= 4 is 0 Å². The van der Waals surface area contributed by atoms with Crippen LogP contribution in [0.1, 0.15) is 80.0 Å². The van der Waals surface area contributed by atoms with Gasteiger partial charge in [-0.1, -0.05) is 86.1 Å². The first-order valence-electron chi connectivity index (χ1n) is 13.1. The van der Waals surface area contributed by atoms with Gasteiger partial charge in [-0.25, -0.2) is 0 Å². The van der Waals surface area contributed by atoms with Crippen LogP contribution in [0.25, 0.3) is 11.1 Å². The third kappa shape index (κ3) is 6.79. The molecule has 0 bridgehead atoms. The fourth-order valence-electron chi connectivity index (χ4n) is 5.30. The smallest absolute Gasteiger partial charge is 0.0894 e. The van der Waals surface area contributed by atoms with E-state index in [9.17, 15) is 4.39 Å². The van der Waals surface area contributed by atoms with Crippen LogP contribution in [0, 0.1) is 5.92 Å². The van der Waals surface area contributed by atoms with Crippen molar-refractivity contribution in [1.29, 1.82) is 0 Å². The molecule has 1 aliphatic rings. The minimum absolute atomic E-state index is 0.213.